The van der Waals surface area contributed by atoms with Crippen molar-refractivity contribution in [1.82, 2.24) is 14.6 Å². The van der Waals surface area contributed by atoms with Crippen molar-refractivity contribution in [3.05, 3.63) is 29.7 Å². The van der Waals surface area contributed by atoms with E-state index in [9.17, 15) is 0 Å². The van der Waals surface area contributed by atoms with E-state index in [1.165, 1.54) is 0 Å². The fourth-order valence-corrected chi connectivity index (χ4v) is 1.19. The monoisotopic (exact) mass is 173 g/mol. The van der Waals surface area contributed by atoms with Crippen LogP contribution in [0.5, 0.6) is 0 Å². The summed E-state index contributed by atoms with van der Waals surface area (Å²) in [5, 5.41) is 16.5. The smallest absolute Gasteiger partial charge is 0.178 e. The highest BCUT2D eigenvalue weighted by Crippen LogP contribution is 2.07. The molecular weight excluding hydrogens is 166 g/mol. The van der Waals surface area contributed by atoms with Gasteiger partial charge in [-0.3, -0.25) is 4.40 Å². The van der Waals surface area contributed by atoms with Crippen LogP contribution in [0.2, 0.25) is 0 Å². The maximum absolute atomic E-state index is 8.76. The molecule has 0 aromatic carbocycles. The largest absolute Gasteiger partial charge is 0.324 e. The number of hydrogen-bond donors (Lipinski definition) is 1. The van der Waals surface area contributed by atoms with E-state index in [1.807, 2.05) is 6.07 Å². The number of pyridine rings is 1. The number of aromatic nitrogens is 3. The Kier molecular flexibility index (Phi) is 1.69. The van der Waals surface area contributed by atoms with Crippen LogP contribution in [0.25, 0.3) is 5.65 Å². The molecule has 0 atom stereocenters. The summed E-state index contributed by atoms with van der Waals surface area (Å²) in [6.07, 6.45) is 1.79. The van der Waals surface area contributed by atoms with Gasteiger partial charge in [-0.2, -0.15) is 5.26 Å². The van der Waals surface area contributed by atoms with E-state index in [0.29, 0.717) is 23.6 Å². The molecule has 0 spiro atoms. The minimum Gasteiger partial charge on any atom is -0.324 e. The lowest BCUT2D eigenvalue weighted by Crippen LogP contribution is -2.02. The summed E-state index contributed by atoms with van der Waals surface area (Å²) in [6, 6.07) is 5.51. The minimum absolute atomic E-state index is 0.316. The highest BCUT2D eigenvalue weighted by atomic mass is 15.2. The highest BCUT2D eigenvalue weighted by molar-refractivity contribution is 5.54. The lowest BCUT2D eigenvalue weighted by molar-refractivity contribution is 0.883. The van der Waals surface area contributed by atoms with Crippen LogP contribution < -0.4 is 5.73 Å². The fourth-order valence-electron chi connectivity index (χ4n) is 1.19. The first-order chi connectivity index (χ1) is 6.36. The first-order valence-electron chi connectivity index (χ1n) is 3.79. The van der Waals surface area contributed by atoms with Crippen LogP contribution >= 0.6 is 0 Å². The molecular formula is C8H7N5. The topological polar surface area (TPSA) is 80.0 Å². The van der Waals surface area contributed by atoms with Gasteiger partial charge in [0.25, 0.3) is 0 Å². The van der Waals surface area contributed by atoms with E-state index in [4.69, 9.17) is 11.0 Å². The first kappa shape index (κ1) is 7.71. The van der Waals surface area contributed by atoms with Gasteiger partial charge in [0.2, 0.25) is 0 Å². The zero-order valence-electron chi connectivity index (χ0n) is 6.81. The van der Waals surface area contributed by atoms with Gasteiger partial charge in [-0.15, -0.1) is 10.2 Å². The number of fused-ring (bicyclic) bond motifs is 1. The Morgan fingerprint density at radius 3 is 3.08 bits per heavy atom. The average molecular weight is 173 g/mol. The zero-order chi connectivity index (χ0) is 9.26. The van der Waals surface area contributed by atoms with E-state index >= 15 is 0 Å². The average Bonchev–Trinajstić information content (AvgIpc) is 2.60. The molecule has 0 aliphatic heterocycles. The van der Waals surface area contributed by atoms with Crippen molar-refractivity contribution in [2.24, 2.45) is 5.73 Å². The first-order valence-corrected chi connectivity index (χ1v) is 3.79. The van der Waals surface area contributed by atoms with E-state index < -0.39 is 0 Å². The van der Waals surface area contributed by atoms with Crippen molar-refractivity contribution < 1.29 is 0 Å². The summed E-state index contributed by atoms with van der Waals surface area (Å²) in [4.78, 5) is 0. The Hall–Kier alpha value is -1.93. The van der Waals surface area contributed by atoms with Crippen LogP contribution in [0.15, 0.2) is 18.3 Å². The zero-order valence-corrected chi connectivity index (χ0v) is 6.81. The predicted octanol–water partition coefficient (Wildman–Crippen LogP) is 0.0597. The van der Waals surface area contributed by atoms with Crippen LogP contribution in [0, 0.1) is 11.3 Å². The molecule has 0 amide bonds. The third-order valence-corrected chi connectivity index (χ3v) is 1.81. The molecule has 0 bridgehead atoms. The SMILES string of the molecule is N#Cc1cccn2c(CN)nnc12. The van der Waals surface area contributed by atoms with E-state index in [1.54, 1.807) is 22.7 Å². The second-order valence-corrected chi connectivity index (χ2v) is 2.55. The van der Waals surface area contributed by atoms with Gasteiger partial charge in [0.05, 0.1) is 12.1 Å². The third-order valence-electron chi connectivity index (χ3n) is 1.81. The van der Waals surface area contributed by atoms with Crippen molar-refractivity contribution in [1.29, 1.82) is 5.26 Å². The molecule has 64 valence electrons. The van der Waals surface area contributed by atoms with Crippen LogP contribution in [0.1, 0.15) is 11.4 Å². The molecule has 0 aliphatic rings. The molecule has 2 aromatic heterocycles. The van der Waals surface area contributed by atoms with Crippen molar-refractivity contribution in [3.63, 3.8) is 0 Å². The molecule has 0 saturated heterocycles. The summed E-state index contributed by atoms with van der Waals surface area (Å²) >= 11 is 0. The summed E-state index contributed by atoms with van der Waals surface area (Å²) in [5.74, 6) is 0.659. The Labute approximate surface area is 74.4 Å². The second kappa shape index (κ2) is 2.84. The van der Waals surface area contributed by atoms with Crippen LogP contribution in [0.4, 0.5) is 0 Å². The summed E-state index contributed by atoms with van der Waals surface area (Å²) in [6.45, 7) is 0.316. The van der Waals surface area contributed by atoms with Gasteiger partial charge in [-0.25, -0.2) is 0 Å². The van der Waals surface area contributed by atoms with Gasteiger partial charge < -0.3 is 5.73 Å². The lowest BCUT2D eigenvalue weighted by Gasteiger charge is -1.95. The second-order valence-electron chi connectivity index (χ2n) is 2.55. The standard InChI is InChI=1S/C8H7N5/c9-4-6-2-1-3-13-7(5-10)11-12-8(6)13/h1-3H,5,10H2. The Morgan fingerprint density at radius 1 is 1.54 bits per heavy atom. The molecule has 5 nitrogen and oxygen atoms in total. The Bertz CT molecular complexity index is 479. The maximum Gasteiger partial charge on any atom is 0.178 e. The Morgan fingerprint density at radius 2 is 2.38 bits per heavy atom. The molecule has 2 N–H and O–H groups in total. The van der Waals surface area contributed by atoms with Crippen LogP contribution in [0.3, 0.4) is 0 Å². The molecule has 2 rings (SSSR count). The van der Waals surface area contributed by atoms with Crippen molar-refractivity contribution in [3.8, 4) is 6.07 Å². The van der Waals surface area contributed by atoms with Gasteiger partial charge in [-0.1, -0.05) is 0 Å². The van der Waals surface area contributed by atoms with Gasteiger partial charge >= 0.3 is 0 Å². The number of nitriles is 1. The Balaban J connectivity index is 2.81. The summed E-state index contributed by atoms with van der Waals surface area (Å²) in [7, 11) is 0. The van der Waals surface area contributed by atoms with Crippen molar-refractivity contribution in [2.75, 3.05) is 0 Å². The molecule has 13 heavy (non-hydrogen) atoms. The van der Waals surface area contributed by atoms with Gasteiger partial charge in [0.15, 0.2) is 11.5 Å². The fraction of sp³-hybridized carbons (Fsp3) is 0.125. The molecule has 5 heteroatoms. The summed E-state index contributed by atoms with van der Waals surface area (Å²) < 4.78 is 1.72. The minimum atomic E-state index is 0.316. The normalized spacial score (nSPS) is 10.2. The molecule has 2 aromatic rings. The van der Waals surface area contributed by atoms with Crippen LogP contribution in [-0.2, 0) is 6.54 Å². The molecule has 0 fully saturated rings. The molecule has 0 saturated carbocycles. The highest BCUT2D eigenvalue weighted by Gasteiger charge is 2.06. The van der Waals surface area contributed by atoms with Crippen molar-refractivity contribution >= 4 is 5.65 Å². The van der Waals surface area contributed by atoms with E-state index in [0.717, 1.165) is 0 Å². The number of nitrogens with two attached hydrogens (primary N) is 1. The molecule has 0 aliphatic carbocycles. The van der Waals surface area contributed by atoms with E-state index in [-0.39, 0.29) is 0 Å². The van der Waals surface area contributed by atoms with Gasteiger partial charge in [-0.05, 0) is 12.1 Å². The number of rotatable bonds is 1. The quantitative estimate of drug-likeness (QED) is 0.661. The molecule has 0 radical (unpaired) electrons. The lowest BCUT2D eigenvalue weighted by atomic mass is 10.3. The molecule has 0 unspecified atom stereocenters. The molecule has 2 heterocycles. The van der Waals surface area contributed by atoms with Gasteiger partial charge in [0.1, 0.15) is 6.07 Å². The number of nitrogens with zero attached hydrogens (tertiary/aromatic N) is 4. The maximum atomic E-state index is 8.76. The third kappa shape index (κ3) is 1.04. The number of hydrogen-bond acceptors (Lipinski definition) is 4. The van der Waals surface area contributed by atoms with E-state index in [2.05, 4.69) is 10.2 Å². The van der Waals surface area contributed by atoms with Crippen LogP contribution in [-0.4, -0.2) is 14.6 Å². The predicted molar refractivity (Wildman–Crippen MR) is 45.6 cm³/mol. The van der Waals surface area contributed by atoms with Gasteiger partial charge in [0, 0.05) is 6.20 Å². The van der Waals surface area contributed by atoms with Crippen molar-refractivity contribution in [2.45, 2.75) is 6.54 Å². The summed E-state index contributed by atoms with van der Waals surface area (Å²) in [5.41, 5.74) is 6.52.